The molecule has 0 aromatic heterocycles. The molecule has 2 aliphatic rings. The number of carbonyl (C=O) groups is 3. The lowest BCUT2D eigenvalue weighted by molar-refractivity contribution is -0.136. The van der Waals surface area contributed by atoms with Crippen molar-refractivity contribution >= 4 is 23.4 Å². The zero-order valence-electron chi connectivity index (χ0n) is 12.8. The van der Waals surface area contributed by atoms with E-state index in [4.69, 9.17) is 0 Å². The summed E-state index contributed by atoms with van der Waals surface area (Å²) >= 11 is 0. The number of benzene rings is 1. The highest BCUT2D eigenvalue weighted by molar-refractivity contribution is 5.95. The summed E-state index contributed by atoms with van der Waals surface area (Å²) in [5, 5.41) is 8.66. The highest BCUT2D eigenvalue weighted by atomic mass is 16.2. The highest BCUT2D eigenvalue weighted by Gasteiger charge is 2.26. The number of carbonyl (C=O) groups excluding carboxylic acids is 3. The van der Waals surface area contributed by atoms with E-state index in [1.165, 1.54) is 0 Å². The summed E-state index contributed by atoms with van der Waals surface area (Å²) in [6, 6.07) is 7.62. The van der Waals surface area contributed by atoms with E-state index >= 15 is 0 Å². The predicted octanol–water partition coefficient (Wildman–Crippen LogP) is -0.340. The van der Waals surface area contributed by atoms with Crippen molar-refractivity contribution in [2.24, 2.45) is 0 Å². The van der Waals surface area contributed by atoms with Gasteiger partial charge >= 0.3 is 0 Å². The van der Waals surface area contributed by atoms with Gasteiger partial charge in [0.25, 0.3) is 0 Å². The van der Waals surface area contributed by atoms with Crippen LogP contribution in [-0.4, -0.2) is 55.3 Å². The van der Waals surface area contributed by atoms with Crippen LogP contribution in [-0.2, 0) is 14.4 Å². The molecule has 0 radical (unpaired) electrons. The molecule has 1 saturated heterocycles. The Morgan fingerprint density at radius 2 is 2.13 bits per heavy atom. The van der Waals surface area contributed by atoms with Crippen molar-refractivity contribution in [2.75, 3.05) is 38.0 Å². The Morgan fingerprint density at radius 3 is 2.96 bits per heavy atom. The fraction of sp³-hybridized carbons (Fsp3) is 0.438. The second kappa shape index (κ2) is 6.78. The lowest BCUT2D eigenvalue weighted by Crippen LogP contribution is -2.51. The van der Waals surface area contributed by atoms with Crippen molar-refractivity contribution in [1.29, 1.82) is 0 Å². The molecule has 7 heteroatoms. The van der Waals surface area contributed by atoms with Crippen molar-refractivity contribution < 1.29 is 14.4 Å². The second-order valence-corrected chi connectivity index (χ2v) is 5.83. The number of hydrogen-bond acceptors (Lipinski definition) is 4. The Bertz CT molecular complexity index is 632. The monoisotopic (exact) mass is 316 g/mol. The van der Waals surface area contributed by atoms with Crippen LogP contribution >= 0.6 is 0 Å². The second-order valence-electron chi connectivity index (χ2n) is 5.83. The third-order valence-electron chi connectivity index (χ3n) is 4.17. The molecule has 1 atom stereocenters. The molecule has 0 saturated carbocycles. The molecule has 3 N–H and O–H groups in total. The quantitative estimate of drug-likeness (QED) is 0.709. The minimum atomic E-state index is -0.191. The average molecular weight is 316 g/mol. The smallest absolute Gasteiger partial charge is 0.239 e. The van der Waals surface area contributed by atoms with Gasteiger partial charge in [0.15, 0.2) is 0 Å². The molecule has 0 spiro atoms. The van der Waals surface area contributed by atoms with E-state index < -0.39 is 0 Å². The minimum absolute atomic E-state index is 0.0392. The molecular formula is C16H20N4O3. The van der Waals surface area contributed by atoms with Crippen molar-refractivity contribution in [2.45, 2.75) is 12.3 Å². The molecule has 3 rings (SSSR count). The van der Waals surface area contributed by atoms with E-state index in [1.807, 2.05) is 24.3 Å². The number of amides is 3. The van der Waals surface area contributed by atoms with Crippen LogP contribution in [0.1, 0.15) is 17.9 Å². The molecule has 122 valence electrons. The normalized spacial score (nSPS) is 20.7. The van der Waals surface area contributed by atoms with E-state index in [0.29, 0.717) is 26.1 Å². The van der Waals surface area contributed by atoms with E-state index in [-0.39, 0.29) is 36.7 Å². The highest BCUT2D eigenvalue weighted by Crippen LogP contribution is 2.31. The Hall–Kier alpha value is -2.41. The summed E-state index contributed by atoms with van der Waals surface area (Å²) in [5.74, 6) is -0.333. The SMILES string of the molecule is O=C(CN1CCNCC1=O)NC[C@H]1CC(=O)Nc2ccccc21. The largest absolute Gasteiger partial charge is 0.354 e. The molecule has 1 aromatic carbocycles. The fourth-order valence-corrected chi connectivity index (χ4v) is 2.96. The van der Waals surface area contributed by atoms with Crippen molar-refractivity contribution in [3.05, 3.63) is 29.8 Å². The van der Waals surface area contributed by atoms with Crippen LogP contribution in [0, 0.1) is 0 Å². The van der Waals surface area contributed by atoms with Crippen LogP contribution in [0.5, 0.6) is 0 Å². The number of fused-ring (bicyclic) bond motifs is 1. The first kappa shape index (κ1) is 15.5. The minimum Gasteiger partial charge on any atom is -0.354 e. The fourth-order valence-electron chi connectivity index (χ4n) is 2.96. The molecule has 2 aliphatic heterocycles. The van der Waals surface area contributed by atoms with Crippen molar-refractivity contribution in [3.8, 4) is 0 Å². The van der Waals surface area contributed by atoms with Crippen LogP contribution in [0.3, 0.4) is 0 Å². The topological polar surface area (TPSA) is 90.5 Å². The first-order valence-corrected chi connectivity index (χ1v) is 7.77. The maximum Gasteiger partial charge on any atom is 0.239 e. The number of para-hydroxylation sites is 1. The van der Waals surface area contributed by atoms with Gasteiger partial charge in [-0.05, 0) is 11.6 Å². The molecule has 0 bridgehead atoms. The van der Waals surface area contributed by atoms with Crippen LogP contribution in [0.2, 0.25) is 0 Å². The molecule has 2 heterocycles. The number of rotatable bonds is 4. The molecule has 23 heavy (non-hydrogen) atoms. The molecule has 7 nitrogen and oxygen atoms in total. The zero-order chi connectivity index (χ0) is 16.2. The lowest BCUT2D eigenvalue weighted by atomic mass is 9.90. The van der Waals surface area contributed by atoms with Gasteiger partial charge < -0.3 is 20.9 Å². The van der Waals surface area contributed by atoms with Gasteiger partial charge in [-0.3, -0.25) is 14.4 Å². The van der Waals surface area contributed by atoms with Crippen LogP contribution in [0.4, 0.5) is 5.69 Å². The number of anilines is 1. The van der Waals surface area contributed by atoms with Crippen molar-refractivity contribution in [3.63, 3.8) is 0 Å². The third-order valence-corrected chi connectivity index (χ3v) is 4.17. The average Bonchev–Trinajstić information content (AvgIpc) is 2.54. The number of nitrogens with one attached hydrogen (secondary N) is 3. The van der Waals surface area contributed by atoms with Crippen LogP contribution < -0.4 is 16.0 Å². The van der Waals surface area contributed by atoms with E-state index in [0.717, 1.165) is 11.3 Å². The number of hydrogen-bond donors (Lipinski definition) is 3. The predicted molar refractivity (Wildman–Crippen MR) is 84.9 cm³/mol. The summed E-state index contributed by atoms with van der Waals surface area (Å²) in [6.45, 7) is 1.99. The zero-order valence-corrected chi connectivity index (χ0v) is 12.8. The van der Waals surface area contributed by atoms with Gasteiger partial charge in [0.05, 0.1) is 13.1 Å². The van der Waals surface area contributed by atoms with Gasteiger partial charge in [-0.15, -0.1) is 0 Å². The van der Waals surface area contributed by atoms with Gasteiger partial charge in [0.2, 0.25) is 17.7 Å². The third kappa shape index (κ3) is 3.68. The standard InChI is InChI=1S/C16H20N4O3/c21-14-7-11(12-3-1-2-4-13(12)19-14)8-18-15(22)10-20-6-5-17-9-16(20)23/h1-4,11,17H,5-10H2,(H,18,22)(H,19,21)/t11-/m1/s1. The number of piperazine rings is 1. The van der Waals surface area contributed by atoms with Gasteiger partial charge in [0.1, 0.15) is 0 Å². The molecule has 3 amide bonds. The molecule has 0 aliphatic carbocycles. The van der Waals surface area contributed by atoms with E-state index in [9.17, 15) is 14.4 Å². The molecular weight excluding hydrogens is 296 g/mol. The summed E-state index contributed by atoms with van der Waals surface area (Å²) in [4.78, 5) is 37.0. The van der Waals surface area contributed by atoms with Crippen LogP contribution in [0.15, 0.2) is 24.3 Å². The summed E-state index contributed by atoms with van der Waals surface area (Å²) in [7, 11) is 0. The molecule has 1 aromatic rings. The Kier molecular flexibility index (Phi) is 4.57. The summed E-state index contributed by atoms with van der Waals surface area (Å²) in [6.07, 6.45) is 0.351. The maximum absolute atomic E-state index is 12.1. The van der Waals surface area contributed by atoms with Gasteiger partial charge in [0, 0.05) is 37.7 Å². The molecule has 0 unspecified atom stereocenters. The molecule has 1 fully saturated rings. The summed E-state index contributed by atoms with van der Waals surface area (Å²) in [5.41, 5.74) is 1.84. The first-order chi connectivity index (χ1) is 11.1. The Labute approximate surface area is 134 Å². The van der Waals surface area contributed by atoms with Crippen LogP contribution in [0.25, 0.3) is 0 Å². The van der Waals surface area contributed by atoms with Gasteiger partial charge in [-0.25, -0.2) is 0 Å². The van der Waals surface area contributed by atoms with E-state index in [2.05, 4.69) is 16.0 Å². The summed E-state index contributed by atoms with van der Waals surface area (Å²) < 4.78 is 0. The van der Waals surface area contributed by atoms with Crippen molar-refractivity contribution in [1.82, 2.24) is 15.5 Å². The van der Waals surface area contributed by atoms with Gasteiger partial charge in [-0.1, -0.05) is 18.2 Å². The van der Waals surface area contributed by atoms with E-state index in [1.54, 1.807) is 4.90 Å². The maximum atomic E-state index is 12.1. The van der Waals surface area contributed by atoms with Gasteiger partial charge in [-0.2, -0.15) is 0 Å². The Balaban J connectivity index is 1.57. The first-order valence-electron chi connectivity index (χ1n) is 7.77. The Morgan fingerprint density at radius 1 is 1.30 bits per heavy atom. The number of nitrogens with zero attached hydrogens (tertiary/aromatic N) is 1. The lowest BCUT2D eigenvalue weighted by Gasteiger charge is -2.28.